The topological polar surface area (TPSA) is 26.3 Å². The summed E-state index contributed by atoms with van der Waals surface area (Å²) in [6.45, 7) is 4.99. The second-order valence-electron chi connectivity index (χ2n) is 4.38. The van der Waals surface area contributed by atoms with Crippen molar-refractivity contribution in [2.45, 2.75) is 33.1 Å². The summed E-state index contributed by atoms with van der Waals surface area (Å²) in [5.41, 5.74) is 0.122. The first-order valence-corrected chi connectivity index (χ1v) is 5.11. The van der Waals surface area contributed by atoms with E-state index >= 15 is 0 Å². The molecule has 0 aromatic heterocycles. The molecule has 0 heterocycles. The van der Waals surface area contributed by atoms with Crippen molar-refractivity contribution in [3.05, 3.63) is 0 Å². The van der Waals surface area contributed by atoms with Crippen LogP contribution in [0, 0.1) is 17.3 Å². The summed E-state index contributed by atoms with van der Waals surface area (Å²) in [6.07, 6.45) is 4.70. The van der Waals surface area contributed by atoms with Crippen molar-refractivity contribution in [1.82, 2.24) is 0 Å². The van der Waals surface area contributed by atoms with E-state index < -0.39 is 0 Å². The maximum atomic E-state index is 10.9. The van der Waals surface area contributed by atoms with Gasteiger partial charge in [0.2, 0.25) is 0 Å². The van der Waals surface area contributed by atoms with Crippen LogP contribution in [0.3, 0.4) is 0 Å². The van der Waals surface area contributed by atoms with Gasteiger partial charge < -0.3 is 9.53 Å². The van der Waals surface area contributed by atoms with Gasteiger partial charge in [-0.25, -0.2) is 0 Å². The summed E-state index contributed by atoms with van der Waals surface area (Å²) in [6, 6.07) is 0. The molecule has 0 spiro atoms. The van der Waals surface area contributed by atoms with E-state index in [2.05, 4.69) is 6.92 Å². The Bertz CT molecular complexity index is 179. The van der Waals surface area contributed by atoms with E-state index in [4.69, 9.17) is 4.74 Å². The fourth-order valence-corrected chi connectivity index (χ4v) is 2.70. The molecule has 13 heavy (non-hydrogen) atoms. The minimum atomic E-state index is 0.122. The first-order chi connectivity index (χ1) is 6.17. The van der Waals surface area contributed by atoms with E-state index in [1.807, 2.05) is 6.92 Å². The van der Waals surface area contributed by atoms with Gasteiger partial charge in [-0.1, -0.05) is 26.7 Å². The average Bonchev–Trinajstić information content (AvgIpc) is 2.48. The van der Waals surface area contributed by atoms with Crippen LogP contribution in [0.25, 0.3) is 0 Å². The molecule has 1 aliphatic carbocycles. The van der Waals surface area contributed by atoms with Crippen molar-refractivity contribution in [2.75, 3.05) is 13.7 Å². The highest BCUT2D eigenvalue weighted by Crippen LogP contribution is 2.48. The van der Waals surface area contributed by atoms with Crippen molar-refractivity contribution >= 4 is 6.29 Å². The first kappa shape index (κ1) is 10.7. The molecule has 1 aliphatic rings. The molecule has 0 bridgehead atoms. The third kappa shape index (κ3) is 1.78. The van der Waals surface area contributed by atoms with Gasteiger partial charge in [0, 0.05) is 18.4 Å². The molecule has 0 aromatic rings. The van der Waals surface area contributed by atoms with Crippen LogP contribution >= 0.6 is 0 Å². The van der Waals surface area contributed by atoms with Gasteiger partial charge in [-0.2, -0.15) is 0 Å². The molecule has 0 aromatic carbocycles. The molecule has 1 rings (SSSR count). The minimum absolute atomic E-state index is 0.122. The lowest BCUT2D eigenvalue weighted by Crippen LogP contribution is -2.36. The van der Waals surface area contributed by atoms with Gasteiger partial charge in [-0.15, -0.1) is 0 Å². The zero-order valence-corrected chi connectivity index (χ0v) is 8.88. The fourth-order valence-electron chi connectivity index (χ4n) is 2.70. The number of hydrogen-bond donors (Lipinski definition) is 0. The van der Waals surface area contributed by atoms with Crippen LogP contribution in [0.15, 0.2) is 0 Å². The first-order valence-electron chi connectivity index (χ1n) is 5.11. The molecule has 0 saturated heterocycles. The number of carbonyl (C=O) groups excluding carboxylic acids is 1. The molecular formula is C11H20O2. The third-order valence-corrected chi connectivity index (χ3v) is 3.78. The van der Waals surface area contributed by atoms with E-state index in [-0.39, 0.29) is 11.3 Å². The number of methoxy groups -OCH3 is 1. The highest BCUT2D eigenvalue weighted by molar-refractivity contribution is 5.54. The molecule has 1 fully saturated rings. The number of ether oxygens (including phenoxy) is 1. The van der Waals surface area contributed by atoms with Crippen LogP contribution < -0.4 is 0 Å². The minimum Gasteiger partial charge on any atom is -0.384 e. The largest absolute Gasteiger partial charge is 0.384 e. The third-order valence-electron chi connectivity index (χ3n) is 3.78. The van der Waals surface area contributed by atoms with E-state index in [1.165, 1.54) is 12.8 Å². The molecule has 0 aliphatic heterocycles. The van der Waals surface area contributed by atoms with Gasteiger partial charge in [-0.05, 0) is 12.3 Å². The number of aldehydes is 1. The van der Waals surface area contributed by atoms with E-state index in [9.17, 15) is 4.79 Å². The second kappa shape index (κ2) is 4.23. The maximum Gasteiger partial charge on any atom is 0.123 e. The van der Waals surface area contributed by atoms with Gasteiger partial charge in [-0.3, -0.25) is 0 Å². The Kier molecular flexibility index (Phi) is 3.48. The maximum absolute atomic E-state index is 10.9. The number of carbonyl (C=O) groups is 1. The van der Waals surface area contributed by atoms with Crippen LogP contribution in [0.2, 0.25) is 0 Å². The molecule has 2 nitrogen and oxygen atoms in total. The Morgan fingerprint density at radius 1 is 1.69 bits per heavy atom. The quantitative estimate of drug-likeness (QED) is 0.626. The summed E-state index contributed by atoms with van der Waals surface area (Å²) in [4.78, 5) is 10.9. The van der Waals surface area contributed by atoms with Gasteiger partial charge in [0.15, 0.2) is 0 Å². The summed E-state index contributed by atoms with van der Waals surface area (Å²) >= 11 is 0. The second-order valence-corrected chi connectivity index (χ2v) is 4.38. The van der Waals surface area contributed by atoms with E-state index in [0.717, 1.165) is 19.3 Å². The number of rotatable bonds is 4. The van der Waals surface area contributed by atoms with Gasteiger partial charge in [0.05, 0.1) is 6.61 Å². The molecule has 1 saturated carbocycles. The van der Waals surface area contributed by atoms with E-state index in [1.54, 1.807) is 7.11 Å². The Morgan fingerprint density at radius 2 is 2.38 bits per heavy atom. The van der Waals surface area contributed by atoms with Crippen LogP contribution in [0.1, 0.15) is 33.1 Å². The normalized spacial score (nSPS) is 36.1. The SMILES string of the molecule is COCC1(C(C)C=O)CCCC1C. The standard InChI is InChI=1S/C11H20O2/c1-9-5-4-6-11(9,8-13-3)10(2)7-12/h7,9-10H,4-6,8H2,1-3H3. The van der Waals surface area contributed by atoms with Crippen LogP contribution in [-0.2, 0) is 9.53 Å². The van der Waals surface area contributed by atoms with Crippen molar-refractivity contribution < 1.29 is 9.53 Å². The zero-order valence-electron chi connectivity index (χ0n) is 8.88. The van der Waals surface area contributed by atoms with Crippen molar-refractivity contribution in [1.29, 1.82) is 0 Å². The Balaban J connectivity index is 2.79. The van der Waals surface area contributed by atoms with Gasteiger partial charge in [0.25, 0.3) is 0 Å². The fraction of sp³-hybridized carbons (Fsp3) is 0.909. The highest BCUT2D eigenvalue weighted by Gasteiger charge is 2.44. The van der Waals surface area contributed by atoms with E-state index in [0.29, 0.717) is 5.92 Å². The van der Waals surface area contributed by atoms with Crippen LogP contribution in [0.4, 0.5) is 0 Å². The lowest BCUT2D eigenvalue weighted by Gasteiger charge is -2.36. The molecule has 0 amide bonds. The van der Waals surface area contributed by atoms with Crippen molar-refractivity contribution in [3.63, 3.8) is 0 Å². The molecular weight excluding hydrogens is 164 g/mol. The molecule has 3 unspecified atom stereocenters. The van der Waals surface area contributed by atoms with Crippen LogP contribution in [-0.4, -0.2) is 20.0 Å². The predicted molar refractivity (Wildman–Crippen MR) is 52.6 cm³/mol. The Labute approximate surface area is 80.7 Å². The highest BCUT2D eigenvalue weighted by atomic mass is 16.5. The molecule has 0 N–H and O–H groups in total. The van der Waals surface area contributed by atoms with Gasteiger partial charge >= 0.3 is 0 Å². The summed E-state index contributed by atoms with van der Waals surface area (Å²) < 4.78 is 5.26. The lowest BCUT2D eigenvalue weighted by atomic mass is 9.70. The predicted octanol–water partition coefficient (Wildman–Crippen LogP) is 2.27. The summed E-state index contributed by atoms with van der Waals surface area (Å²) in [5, 5.41) is 0. The summed E-state index contributed by atoms with van der Waals surface area (Å²) in [5.74, 6) is 0.748. The van der Waals surface area contributed by atoms with Gasteiger partial charge in [0.1, 0.15) is 6.29 Å². The molecule has 76 valence electrons. The smallest absolute Gasteiger partial charge is 0.123 e. The average molecular weight is 184 g/mol. The van der Waals surface area contributed by atoms with Crippen molar-refractivity contribution in [2.24, 2.45) is 17.3 Å². The zero-order chi connectivity index (χ0) is 9.90. The molecule has 3 atom stereocenters. The number of hydrogen-bond acceptors (Lipinski definition) is 2. The summed E-state index contributed by atoms with van der Waals surface area (Å²) in [7, 11) is 1.73. The molecule has 2 heteroatoms. The Morgan fingerprint density at radius 3 is 2.77 bits per heavy atom. The Hall–Kier alpha value is -0.370. The van der Waals surface area contributed by atoms with Crippen LogP contribution in [0.5, 0.6) is 0 Å². The molecule has 0 radical (unpaired) electrons. The van der Waals surface area contributed by atoms with Crippen molar-refractivity contribution in [3.8, 4) is 0 Å². The monoisotopic (exact) mass is 184 g/mol. The lowest BCUT2D eigenvalue weighted by molar-refractivity contribution is -0.117.